The van der Waals surface area contributed by atoms with Gasteiger partial charge in [-0.25, -0.2) is 9.97 Å². The van der Waals surface area contributed by atoms with Crippen LogP contribution in [0.2, 0.25) is 5.15 Å². The molecule has 4 rings (SSSR count). The Morgan fingerprint density at radius 3 is 2.81 bits per heavy atom. The highest BCUT2D eigenvalue weighted by atomic mass is 35.5. The van der Waals surface area contributed by atoms with Crippen LogP contribution in [0.25, 0.3) is 21.5 Å². The van der Waals surface area contributed by atoms with Crippen molar-refractivity contribution in [2.45, 2.75) is 0 Å². The molecule has 7 heteroatoms. The van der Waals surface area contributed by atoms with Crippen LogP contribution in [0.5, 0.6) is 0 Å². The Morgan fingerprint density at radius 1 is 1.22 bits per heavy atom. The molecule has 0 spiro atoms. The minimum Gasteiger partial charge on any atom is -0.267 e. The molecule has 0 aliphatic rings. The fourth-order valence-electron chi connectivity index (χ4n) is 2.85. The van der Waals surface area contributed by atoms with Gasteiger partial charge in [-0.15, -0.1) is 11.3 Å². The highest BCUT2D eigenvalue weighted by Crippen LogP contribution is 2.28. The zero-order valence-corrected chi connectivity index (χ0v) is 15.5. The van der Waals surface area contributed by atoms with E-state index >= 15 is 0 Å². The van der Waals surface area contributed by atoms with Gasteiger partial charge in [-0.1, -0.05) is 36.4 Å². The Kier molecular flexibility index (Phi) is 4.32. The van der Waals surface area contributed by atoms with Crippen molar-refractivity contribution >= 4 is 38.7 Å². The van der Waals surface area contributed by atoms with Crippen molar-refractivity contribution in [2.24, 2.45) is 0 Å². The van der Waals surface area contributed by atoms with Crippen molar-refractivity contribution in [1.82, 2.24) is 14.5 Å². The van der Waals surface area contributed by atoms with Gasteiger partial charge in [0.05, 0.1) is 22.8 Å². The van der Waals surface area contributed by atoms with Crippen LogP contribution < -0.4 is 5.56 Å². The smallest absolute Gasteiger partial charge is 0.267 e. The monoisotopic (exact) mass is 390 g/mol. The summed E-state index contributed by atoms with van der Waals surface area (Å²) in [5.41, 5.74) is 2.25. The zero-order valence-electron chi connectivity index (χ0n) is 13.9. The molecule has 0 radical (unpaired) electrons. The van der Waals surface area contributed by atoms with Crippen molar-refractivity contribution < 1.29 is 0 Å². The normalized spacial score (nSPS) is 10.7. The van der Waals surface area contributed by atoms with E-state index < -0.39 is 0 Å². The number of aromatic nitrogens is 3. The first-order chi connectivity index (χ1) is 13.1. The average Bonchev–Trinajstić information content (AvgIpc) is 3.17. The highest BCUT2D eigenvalue weighted by molar-refractivity contribution is 7.17. The minimum atomic E-state index is -0.254. The van der Waals surface area contributed by atoms with Crippen molar-refractivity contribution in [3.8, 4) is 11.8 Å². The summed E-state index contributed by atoms with van der Waals surface area (Å²) in [6.45, 7) is 4.12. The number of halogens is 1. The standard InChI is InChI=1S/C20H11ClN4OS/c1-12(14-6-3-2-5-13(14)11-22)19-24-15-8-10-27-17(15)20(26)25(19)16-7-4-9-23-18(16)21/h2-10H,1H2. The van der Waals surface area contributed by atoms with Gasteiger partial charge in [0.25, 0.3) is 5.56 Å². The summed E-state index contributed by atoms with van der Waals surface area (Å²) in [6.07, 6.45) is 1.55. The van der Waals surface area contributed by atoms with E-state index in [1.165, 1.54) is 15.9 Å². The molecular weight excluding hydrogens is 380 g/mol. The van der Waals surface area contributed by atoms with Crippen molar-refractivity contribution in [1.29, 1.82) is 5.26 Å². The van der Waals surface area contributed by atoms with Crippen LogP contribution in [-0.2, 0) is 0 Å². The number of rotatable bonds is 3. The van der Waals surface area contributed by atoms with E-state index in [1.807, 2.05) is 11.4 Å². The largest absolute Gasteiger partial charge is 0.276 e. The topological polar surface area (TPSA) is 71.6 Å². The Labute approximate surface area is 163 Å². The summed E-state index contributed by atoms with van der Waals surface area (Å²) in [6, 6.07) is 14.4. The van der Waals surface area contributed by atoms with E-state index in [9.17, 15) is 10.1 Å². The van der Waals surface area contributed by atoms with Crippen molar-refractivity contribution in [3.05, 3.63) is 93.1 Å². The first-order valence-electron chi connectivity index (χ1n) is 7.91. The second kappa shape index (κ2) is 6.80. The van der Waals surface area contributed by atoms with Gasteiger partial charge in [0.2, 0.25) is 0 Å². The Hall–Kier alpha value is -3.27. The molecule has 0 aliphatic heterocycles. The highest BCUT2D eigenvalue weighted by Gasteiger charge is 2.20. The fourth-order valence-corrected chi connectivity index (χ4v) is 3.81. The molecule has 0 aliphatic carbocycles. The molecule has 3 aromatic heterocycles. The maximum Gasteiger partial charge on any atom is 0.276 e. The van der Waals surface area contributed by atoms with Crippen molar-refractivity contribution in [3.63, 3.8) is 0 Å². The third-order valence-corrected chi connectivity index (χ3v) is 5.29. The van der Waals surface area contributed by atoms with Gasteiger partial charge < -0.3 is 0 Å². The summed E-state index contributed by atoms with van der Waals surface area (Å²) in [5.74, 6) is 0.323. The number of nitrogens with zero attached hydrogens (tertiary/aromatic N) is 4. The molecule has 0 saturated carbocycles. The van der Waals surface area contributed by atoms with E-state index in [-0.39, 0.29) is 10.7 Å². The van der Waals surface area contributed by atoms with Crippen LogP contribution in [0.3, 0.4) is 0 Å². The van der Waals surface area contributed by atoms with Crippen LogP contribution in [0, 0.1) is 11.3 Å². The molecule has 3 heterocycles. The lowest BCUT2D eigenvalue weighted by Gasteiger charge is -2.15. The Morgan fingerprint density at radius 2 is 2.04 bits per heavy atom. The predicted molar refractivity (Wildman–Crippen MR) is 107 cm³/mol. The third-order valence-electron chi connectivity index (χ3n) is 4.10. The van der Waals surface area contributed by atoms with E-state index in [1.54, 1.807) is 42.6 Å². The Balaban J connectivity index is 2.07. The minimum absolute atomic E-state index is 0.180. The van der Waals surface area contributed by atoms with E-state index in [2.05, 4.69) is 22.6 Å². The van der Waals surface area contributed by atoms with Gasteiger partial charge in [0.15, 0.2) is 5.15 Å². The number of hydrogen-bond acceptors (Lipinski definition) is 5. The molecule has 0 unspecified atom stereocenters. The fraction of sp³-hybridized carbons (Fsp3) is 0. The second-order valence-electron chi connectivity index (χ2n) is 5.66. The maximum atomic E-state index is 13.2. The lowest BCUT2D eigenvalue weighted by atomic mass is 10.0. The van der Waals surface area contributed by atoms with Gasteiger partial charge in [-0.05, 0) is 29.6 Å². The lowest BCUT2D eigenvalue weighted by Crippen LogP contribution is -2.23. The second-order valence-corrected chi connectivity index (χ2v) is 6.93. The summed E-state index contributed by atoms with van der Waals surface area (Å²) < 4.78 is 1.92. The van der Waals surface area contributed by atoms with Gasteiger partial charge in [0, 0.05) is 17.3 Å². The molecular formula is C20H11ClN4OS. The van der Waals surface area contributed by atoms with Crippen LogP contribution in [0.15, 0.2) is 65.4 Å². The van der Waals surface area contributed by atoms with Gasteiger partial charge in [-0.3, -0.25) is 9.36 Å². The molecule has 0 atom stereocenters. The number of thiophene rings is 1. The number of hydrogen-bond donors (Lipinski definition) is 0. The number of fused-ring (bicyclic) bond motifs is 1. The first kappa shape index (κ1) is 17.2. The van der Waals surface area contributed by atoms with Crippen molar-refractivity contribution in [2.75, 3.05) is 0 Å². The maximum absolute atomic E-state index is 13.2. The zero-order chi connectivity index (χ0) is 19.0. The molecule has 5 nitrogen and oxygen atoms in total. The number of benzene rings is 1. The summed E-state index contributed by atoms with van der Waals surface area (Å²) in [5, 5.41) is 11.4. The van der Waals surface area contributed by atoms with E-state index in [4.69, 9.17) is 11.6 Å². The van der Waals surface area contributed by atoms with Crippen LogP contribution in [-0.4, -0.2) is 14.5 Å². The van der Waals surface area contributed by atoms with Gasteiger partial charge >= 0.3 is 0 Å². The van der Waals surface area contributed by atoms with Crippen LogP contribution in [0.1, 0.15) is 17.0 Å². The Bertz CT molecular complexity index is 1300. The van der Waals surface area contributed by atoms with E-state index in [0.29, 0.717) is 38.4 Å². The predicted octanol–water partition coefficient (Wildman–Crippen LogP) is 4.43. The van der Waals surface area contributed by atoms with Crippen LogP contribution >= 0.6 is 22.9 Å². The molecule has 27 heavy (non-hydrogen) atoms. The number of nitriles is 1. The molecule has 0 amide bonds. The quantitative estimate of drug-likeness (QED) is 0.485. The summed E-state index contributed by atoms with van der Waals surface area (Å²) >= 11 is 7.57. The molecule has 0 fully saturated rings. The molecule has 0 bridgehead atoms. The lowest BCUT2D eigenvalue weighted by molar-refractivity contribution is 0.930. The molecule has 130 valence electrons. The van der Waals surface area contributed by atoms with E-state index in [0.717, 1.165) is 0 Å². The molecule has 4 aromatic rings. The van der Waals surface area contributed by atoms with Gasteiger partial charge in [0.1, 0.15) is 10.5 Å². The summed E-state index contributed by atoms with van der Waals surface area (Å²) in [7, 11) is 0. The third kappa shape index (κ3) is 2.83. The molecule has 1 aromatic carbocycles. The number of pyridine rings is 1. The molecule has 0 saturated heterocycles. The van der Waals surface area contributed by atoms with Crippen LogP contribution in [0.4, 0.5) is 0 Å². The van der Waals surface area contributed by atoms with Gasteiger partial charge in [-0.2, -0.15) is 5.26 Å². The first-order valence-corrected chi connectivity index (χ1v) is 9.17. The molecule has 0 N–H and O–H groups in total. The SMILES string of the molecule is C=C(c1ccccc1C#N)c1nc2ccsc2c(=O)n1-c1cccnc1Cl. The average molecular weight is 391 g/mol. The summed E-state index contributed by atoms with van der Waals surface area (Å²) in [4.78, 5) is 21.9.